The van der Waals surface area contributed by atoms with Gasteiger partial charge in [-0.25, -0.2) is 4.39 Å². The summed E-state index contributed by atoms with van der Waals surface area (Å²) in [5.41, 5.74) is 1.01. The smallest absolute Gasteiger partial charge is 0.194 e. The molecule has 138 valence electrons. The monoisotopic (exact) mass is 364 g/mol. The molecule has 27 heavy (non-hydrogen) atoms. The van der Waals surface area contributed by atoms with Gasteiger partial charge in [0.1, 0.15) is 0 Å². The second kappa shape index (κ2) is 5.96. The minimum absolute atomic E-state index is 0.0437. The van der Waals surface area contributed by atoms with E-state index >= 15 is 0 Å². The molecule has 0 spiro atoms. The van der Waals surface area contributed by atoms with Crippen molar-refractivity contribution < 1.29 is 9.18 Å². The van der Waals surface area contributed by atoms with Crippen LogP contribution in [-0.2, 0) is 18.3 Å². The number of fused-ring (bicyclic) bond motifs is 1. The Kier molecular flexibility index (Phi) is 3.65. The van der Waals surface area contributed by atoms with E-state index in [0.29, 0.717) is 11.7 Å². The number of nitrogens with zero attached hydrogens (tertiary/aromatic N) is 4. The molecule has 2 aromatic heterocycles. The van der Waals surface area contributed by atoms with Crippen molar-refractivity contribution in [3.63, 3.8) is 0 Å². The summed E-state index contributed by atoms with van der Waals surface area (Å²) in [5, 5.41) is 6.20. The van der Waals surface area contributed by atoms with Gasteiger partial charge < -0.3 is 0 Å². The molecule has 0 amide bonds. The minimum Gasteiger partial charge on any atom is -0.296 e. The van der Waals surface area contributed by atoms with Gasteiger partial charge in [-0.1, -0.05) is 12.1 Å². The first-order valence-corrected chi connectivity index (χ1v) is 9.34. The lowest BCUT2D eigenvalue weighted by Gasteiger charge is -2.43. The van der Waals surface area contributed by atoms with Crippen LogP contribution in [-0.4, -0.2) is 50.2 Å². The molecule has 1 aliphatic carbocycles. The van der Waals surface area contributed by atoms with Crippen LogP contribution in [0.25, 0.3) is 21.9 Å². The van der Waals surface area contributed by atoms with Crippen LogP contribution in [0.1, 0.15) is 18.5 Å². The molecule has 2 fully saturated rings. The Morgan fingerprint density at radius 2 is 2.00 bits per heavy atom. The van der Waals surface area contributed by atoms with E-state index in [1.165, 1.54) is 0 Å². The first-order chi connectivity index (χ1) is 13.0. The van der Waals surface area contributed by atoms with Gasteiger partial charge in [-0.15, -0.1) is 0 Å². The quantitative estimate of drug-likeness (QED) is 0.699. The molecule has 5 nitrogen and oxygen atoms in total. The molecular formula is C21H21FN4O. The molecular weight excluding hydrogens is 343 g/mol. The lowest BCUT2D eigenvalue weighted by molar-refractivity contribution is -0.142. The second-order valence-electron chi connectivity index (χ2n) is 7.84. The molecule has 1 aromatic carbocycles. The van der Waals surface area contributed by atoms with E-state index in [9.17, 15) is 9.18 Å². The first-order valence-electron chi connectivity index (χ1n) is 9.34. The maximum absolute atomic E-state index is 14.8. The lowest BCUT2D eigenvalue weighted by atomic mass is 9.88. The van der Waals surface area contributed by atoms with Gasteiger partial charge in [0, 0.05) is 55.2 Å². The Hall–Kier alpha value is -2.60. The highest BCUT2D eigenvalue weighted by molar-refractivity contribution is 5.92. The van der Waals surface area contributed by atoms with Crippen LogP contribution in [0.4, 0.5) is 4.39 Å². The Morgan fingerprint density at radius 3 is 2.70 bits per heavy atom. The van der Waals surface area contributed by atoms with E-state index in [0.717, 1.165) is 34.7 Å². The highest BCUT2D eigenvalue weighted by atomic mass is 19.1. The van der Waals surface area contributed by atoms with Gasteiger partial charge in [0.05, 0.1) is 12.6 Å². The first kappa shape index (κ1) is 16.6. The van der Waals surface area contributed by atoms with Crippen molar-refractivity contribution in [1.29, 1.82) is 0 Å². The van der Waals surface area contributed by atoms with Crippen LogP contribution >= 0.6 is 0 Å². The number of benzene rings is 1. The van der Waals surface area contributed by atoms with Crippen molar-refractivity contribution in [3.8, 4) is 11.1 Å². The molecule has 0 bridgehead atoms. The van der Waals surface area contributed by atoms with Gasteiger partial charge in [0.2, 0.25) is 0 Å². The number of aryl methyl sites for hydroxylation is 1. The minimum atomic E-state index is -1.70. The predicted octanol–water partition coefficient (Wildman–Crippen LogP) is 2.93. The largest absolute Gasteiger partial charge is 0.296 e. The van der Waals surface area contributed by atoms with Crippen molar-refractivity contribution >= 4 is 16.6 Å². The number of hydrogen-bond donors (Lipinski definition) is 0. The number of aromatic nitrogens is 3. The van der Waals surface area contributed by atoms with Crippen molar-refractivity contribution in [1.82, 2.24) is 19.7 Å². The number of rotatable bonds is 5. The topological polar surface area (TPSA) is 51.0 Å². The van der Waals surface area contributed by atoms with Gasteiger partial charge >= 0.3 is 0 Å². The molecule has 0 N–H and O–H groups in total. The summed E-state index contributed by atoms with van der Waals surface area (Å²) < 4.78 is 16.6. The average molecular weight is 364 g/mol. The number of halogens is 1. The van der Waals surface area contributed by atoms with E-state index in [1.54, 1.807) is 10.9 Å². The number of carbonyl (C=O) groups excluding carboxylic acids is 1. The zero-order chi connectivity index (χ0) is 18.6. The van der Waals surface area contributed by atoms with Crippen LogP contribution in [0.3, 0.4) is 0 Å². The van der Waals surface area contributed by atoms with Crippen molar-refractivity contribution in [2.24, 2.45) is 7.05 Å². The highest BCUT2D eigenvalue weighted by Crippen LogP contribution is 2.37. The van der Waals surface area contributed by atoms with Crippen LogP contribution in [0, 0.1) is 0 Å². The van der Waals surface area contributed by atoms with E-state index < -0.39 is 5.67 Å². The fourth-order valence-corrected chi connectivity index (χ4v) is 3.83. The molecule has 1 saturated heterocycles. The molecule has 2 aliphatic rings. The number of pyridine rings is 1. The molecule has 5 rings (SSSR count). The highest BCUT2D eigenvalue weighted by Gasteiger charge is 2.53. The van der Waals surface area contributed by atoms with Crippen molar-refractivity contribution in [2.75, 3.05) is 13.1 Å². The lowest BCUT2D eigenvalue weighted by Crippen LogP contribution is -2.64. The molecule has 0 radical (unpaired) electrons. The summed E-state index contributed by atoms with van der Waals surface area (Å²) in [5.74, 6) is -0.352. The second-order valence-corrected chi connectivity index (χ2v) is 7.84. The number of alkyl halides is 1. The predicted molar refractivity (Wildman–Crippen MR) is 101 cm³/mol. The number of likely N-dealkylation sites (tertiary alicyclic amines) is 1. The number of ketones is 1. The standard InChI is InChI=1S/C21H21FN4O/c1-25-11-17(10-24-25)14-2-3-15-9-23-18(7-16(15)6-14)8-20(27)21(22)12-26(13-21)19-4-5-19/h2-3,6-7,9-11,19H,4-5,8,12-13H2,1H3. The third kappa shape index (κ3) is 3.04. The van der Waals surface area contributed by atoms with Crippen LogP contribution < -0.4 is 0 Å². The van der Waals surface area contributed by atoms with Gasteiger partial charge in [0.25, 0.3) is 0 Å². The summed E-state index contributed by atoms with van der Waals surface area (Å²) in [4.78, 5) is 18.9. The maximum Gasteiger partial charge on any atom is 0.194 e. The number of Topliss-reactive ketones (excluding diaryl/α,β-unsaturated/α-hetero) is 1. The fraction of sp³-hybridized carbons (Fsp3) is 0.381. The summed E-state index contributed by atoms with van der Waals surface area (Å²) in [6.45, 7) is 0.491. The molecule has 3 aromatic rings. The fourth-order valence-electron chi connectivity index (χ4n) is 3.83. The Labute approximate surface area is 156 Å². The van der Waals surface area contributed by atoms with Crippen LogP contribution in [0.2, 0.25) is 0 Å². The zero-order valence-corrected chi connectivity index (χ0v) is 15.2. The number of hydrogen-bond acceptors (Lipinski definition) is 4. The average Bonchev–Trinajstić information content (AvgIpc) is 3.38. The number of carbonyl (C=O) groups is 1. The van der Waals surface area contributed by atoms with Gasteiger partial charge in [-0.2, -0.15) is 5.10 Å². The summed E-state index contributed by atoms with van der Waals surface area (Å²) in [7, 11) is 1.88. The van der Waals surface area contributed by atoms with E-state index in [2.05, 4.69) is 21.0 Å². The van der Waals surface area contributed by atoms with Gasteiger partial charge in [-0.3, -0.25) is 19.4 Å². The molecule has 1 saturated carbocycles. The Balaban J connectivity index is 1.36. The van der Waals surface area contributed by atoms with Gasteiger partial charge in [-0.05, 0) is 35.9 Å². The Morgan fingerprint density at radius 1 is 1.19 bits per heavy atom. The summed E-state index contributed by atoms with van der Waals surface area (Å²) >= 11 is 0. The summed E-state index contributed by atoms with van der Waals surface area (Å²) in [6.07, 6.45) is 7.85. The van der Waals surface area contributed by atoms with E-state index in [1.807, 2.05) is 37.6 Å². The molecule has 6 heteroatoms. The van der Waals surface area contributed by atoms with E-state index in [4.69, 9.17) is 0 Å². The summed E-state index contributed by atoms with van der Waals surface area (Å²) in [6, 6.07) is 8.50. The van der Waals surface area contributed by atoms with Gasteiger partial charge in [0.15, 0.2) is 11.5 Å². The zero-order valence-electron chi connectivity index (χ0n) is 15.2. The molecule has 0 atom stereocenters. The van der Waals surface area contributed by atoms with Crippen LogP contribution in [0.15, 0.2) is 42.9 Å². The van der Waals surface area contributed by atoms with Crippen LogP contribution in [0.5, 0.6) is 0 Å². The molecule has 0 unspecified atom stereocenters. The molecule has 3 heterocycles. The molecule has 1 aliphatic heterocycles. The van der Waals surface area contributed by atoms with Crippen molar-refractivity contribution in [3.05, 3.63) is 48.5 Å². The third-order valence-corrected chi connectivity index (χ3v) is 5.63. The third-order valence-electron chi connectivity index (χ3n) is 5.63. The Bertz CT molecular complexity index is 1030. The SMILES string of the molecule is Cn1cc(-c2ccc3cnc(CC(=O)C4(F)CN(C5CC5)C4)cc3c2)cn1. The maximum atomic E-state index is 14.8. The van der Waals surface area contributed by atoms with E-state index in [-0.39, 0.29) is 25.3 Å². The van der Waals surface area contributed by atoms with Crippen molar-refractivity contribution in [2.45, 2.75) is 31.0 Å². The normalized spacial score (nSPS) is 19.2.